The quantitative estimate of drug-likeness (QED) is 0.880. The molecule has 3 nitrogen and oxygen atoms in total. The van der Waals surface area contributed by atoms with Crippen molar-refractivity contribution < 1.29 is 4.79 Å². The van der Waals surface area contributed by atoms with Crippen LogP contribution >= 0.6 is 11.6 Å². The Morgan fingerprint density at radius 2 is 1.86 bits per heavy atom. The number of hydrogen-bond acceptors (Lipinski definition) is 2. The summed E-state index contributed by atoms with van der Waals surface area (Å²) in [6.07, 6.45) is 0.949. The van der Waals surface area contributed by atoms with Crippen LogP contribution in [0.2, 0.25) is 5.02 Å². The summed E-state index contributed by atoms with van der Waals surface area (Å²) in [4.78, 5) is 12.3. The molecule has 0 saturated heterocycles. The lowest BCUT2D eigenvalue weighted by molar-refractivity contribution is 0.0951. The van der Waals surface area contributed by atoms with Crippen LogP contribution in [-0.4, -0.2) is 13.0 Å². The molecule has 2 aromatic rings. The van der Waals surface area contributed by atoms with E-state index in [2.05, 4.69) is 23.6 Å². The maximum Gasteiger partial charge on any atom is 0.253 e. The highest BCUT2D eigenvalue weighted by Crippen LogP contribution is 2.20. The topological polar surface area (TPSA) is 41.1 Å². The fourth-order valence-corrected chi connectivity index (χ4v) is 2.44. The van der Waals surface area contributed by atoms with E-state index in [0.29, 0.717) is 17.1 Å². The fourth-order valence-electron chi connectivity index (χ4n) is 2.27. The molecule has 2 aromatic carbocycles. The molecule has 4 heteroatoms. The summed E-state index contributed by atoms with van der Waals surface area (Å²) in [6.45, 7) is 2.62. The van der Waals surface area contributed by atoms with Crippen LogP contribution in [0.25, 0.3) is 0 Å². The Morgan fingerprint density at radius 3 is 2.52 bits per heavy atom. The summed E-state index contributed by atoms with van der Waals surface area (Å²) in [5, 5.41) is 6.51. The van der Waals surface area contributed by atoms with Crippen LogP contribution in [0.4, 0.5) is 5.69 Å². The van der Waals surface area contributed by atoms with Gasteiger partial charge in [-0.3, -0.25) is 4.79 Å². The monoisotopic (exact) mass is 302 g/mol. The molecule has 0 aliphatic carbocycles. The van der Waals surface area contributed by atoms with E-state index >= 15 is 0 Å². The number of rotatable bonds is 5. The Hall–Kier alpha value is -2.00. The number of carbonyl (C=O) groups is 1. The van der Waals surface area contributed by atoms with Crippen LogP contribution in [0.3, 0.4) is 0 Å². The van der Waals surface area contributed by atoms with Gasteiger partial charge in [-0.2, -0.15) is 0 Å². The Bertz CT molecular complexity index is 640. The van der Waals surface area contributed by atoms with Gasteiger partial charge in [0.15, 0.2) is 0 Å². The van der Waals surface area contributed by atoms with Crippen molar-refractivity contribution in [3.8, 4) is 0 Å². The predicted octanol–water partition coefficient (Wildman–Crippen LogP) is 3.87. The zero-order valence-electron chi connectivity index (χ0n) is 12.2. The fraction of sp³-hybridized carbons (Fsp3) is 0.235. The molecule has 21 heavy (non-hydrogen) atoms. The van der Waals surface area contributed by atoms with Gasteiger partial charge in [0.05, 0.1) is 5.56 Å². The first-order valence-electron chi connectivity index (χ1n) is 6.98. The van der Waals surface area contributed by atoms with Crippen LogP contribution in [-0.2, 0) is 13.0 Å². The molecule has 2 N–H and O–H groups in total. The van der Waals surface area contributed by atoms with Crippen molar-refractivity contribution in [1.29, 1.82) is 0 Å². The molecule has 0 bridgehead atoms. The standard InChI is InChI=1S/C17H19ClN2O/c1-3-12-6-4-5-7-13(12)11-20-17(21)15-10-14(18)8-9-16(15)19-2/h4-10,19H,3,11H2,1-2H3,(H,20,21). The minimum Gasteiger partial charge on any atom is -0.387 e. The smallest absolute Gasteiger partial charge is 0.253 e. The average Bonchev–Trinajstić information content (AvgIpc) is 2.52. The van der Waals surface area contributed by atoms with Gasteiger partial charge in [0.25, 0.3) is 5.91 Å². The average molecular weight is 303 g/mol. The molecule has 0 unspecified atom stereocenters. The van der Waals surface area contributed by atoms with Crippen molar-refractivity contribution in [3.63, 3.8) is 0 Å². The lowest BCUT2D eigenvalue weighted by Gasteiger charge is -2.12. The molecule has 1 amide bonds. The first-order chi connectivity index (χ1) is 10.2. The van der Waals surface area contributed by atoms with E-state index in [-0.39, 0.29) is 5.91 Å². The van der Waals surface area contributed by atoms with E-state index in [1.54, 1.807) is 25.2 Å². The number of halogens is 1. The Balaban J connectivity index is 2.13. The number of aryl methyl sites for hydroxylation is 1. The highest BCUT2D eigenvalue weighted by atomic mass is 35.5. The van der Waals surface area contributed by atoms with Gasteiger partial charge < -0.3 is 10.6 Å². The molecule has 2 rings (SSSR count). The van der Waals surface area contributed by atoms with Gasteiger partial charge in [0.2, 0.25) is 0 Å². The lowest BCUT2D eigenvalue weighted by Crippen LogP contribution is -2.24. The minimum atomic E-state index is -0.132. The van der Waals surface area contributed by atoms with Crippen molar-refractivity contribution >= 4 is 23.2 Å². The summed E-state index contributed by atoms with van der Waals surface area (Å²) in [6, 6.07) is 13.4. The van der Waals surface area contributed by atoms with E-state index in [9.17, 15) is 4.79 Å². The molecule has 0 saturated carbocycles. The summed E-state index contributed by atoms with van der Waals surface area (Å²) >= 11 is 5.97. The molecular formula is C17H19ClN2O. The molecular weight excluding hydrogens is 284 g/mol. The molecule has 0 spiro atoms. The lowest BCUT2D eigenvalue weighted by atomic mass is 10.1. The number of benzene rings is 2. The van der Waals surface area contributed by atoms with E-state index in [4.69, 9.17) is 11.6 Å². The van der Waals surface area contributed by atoms with Crippen LogP contribution in [0.1, 0.15) is 28.4 Å². The molecule has 0 aromatic heterocycles. The van der Waals surface area contributed by atoms with E-state index in [1.807, 2.05) is 18.2 Å². The maximum absolute atomic E-state index is 12.3. The van der Waals surface area contributed by atoms with Gasteiger partial charge in [0, 0.05) is 24.3 Å². The molecule has 0 fully saturated rings. The van der Waals surface area contributed by atoms with Crippen LogP contribution in [0, 0.1) is 0 Å². The van der Waals surface area contributed by atoms with Gasteiger partial charge >= 0.3 is 0 Å². The van der Waals surface area contributed by atoms with Crippen LogP contribution in [0.5, 0.6) is 0 Å². The van der Waals surface area contributed by atoms with E-state index < -0.39 is 0 Å². The summed E-state index contributed by atoms with van der Waals surface area (Å²) in [5.41, 5.74) is 3.71. The zero-order valence-corrected chi connectivity index (χ0v) is 13.0. The van der Waals surface area contributed by atoms with Crippen molar-refractivity contribution in [2.45, 2.75) is 19.9 Å². The number of carbonyl (C=O) groups excluding carboxylic acids is 1. The predicted molar refractivity (Wildman–Crippen MR) is 88.0 cm³/mol. The molecule has 0 heterocycles. The molecule has 0 atom stereocenters. The minimum absolute atomic E-state index is 0.132. The number of amides is 1. The second-order valence-electron chi connectivity index (χ2n) is 4.74. The first kappa shape index (κ1) is 15.4. The molecule has 110 valence electrons. The molecule has 0 radical (unpaired) electrons. The third-order valence-electron chi connectivity index (χ3n) is 3.43. The van der Waals surface area contributed by atoms with Crippen molar-refractivity contribution in [2.24, 2.45) is 0 Å². The van der Waals surface area contributed by atoms with Gasteiger partial charge in [-0.15, -0.1) is 0 Å². The molecule has 0 aliphatic rings. The van der Waals surface area contributed by atoms with Crippen molar-refractivity contribution in [1.82, 2.24) is 5.32 Å². The maximum atomic E-state index is 12.3. The van der Waals surface area contributed by atoms with Gasteiger partial charge in [0.1, 0.15) is 0 Å². The Kier molecular flexibility index (Phi) is 5.23. The number of anilines is 1. The van der Waals surface area contributed by atoms with E-state index in [0.717, 1.165) is 17.7 Å². The summed E-state index contributed by atoms with van der Waals surface area (Å²) in [7, 11) is 1.78. The van der Waals surface area contributed by atoms with E-state index in [1.165, 1.54) is 5.56 Å². The third kappa shape index (κ3) is 3.76. The van der Waals surface area contributed by atoms with Crippen molar-refractivity contribution in [3.05, 3.63) is 64.2 Å². The van der Waals surface area contributed by atoms with Gasteiger partial charge in [-0.1, -0.05) is 42.8 Å². The molecule has 0 aliphatic heterocycles. The van der Waals surface area contributed by atoms with Gasteiger partial charge in [-0.25, -0.2) is 0 Å². The normalized spacial score (nSPS) is 10.2. The van der Waals surface area contributed by atoms with Crippen LogP contribution < -0.4 is 10.6 Å². The van der Waals surface area contributed by atoms with Gasteiger partial charge in [-0.05, 0) is 35.7 Å². The third-order valence-corrected chi connectivity index (χ3v) is 3.67. The highest BCUT2D eigenvalue weighted by molar-refractivity contribution is 6.31. The Morgan fingerprint density at radius 1 is 1.14 bits per heavy atom. The van der Waals surface area contributed by atoms with Crippen molar-refractivity contribution in [2.75, 3.05) is 12.4 Å². The first-order valence-corrected chi connectivity index (χ1v) is 7.35. The number of hydrogen-bond donors (Lipinski definition) is 2. The largest absolute Gasteiger partial charge is 0.387 e. The SMILES string of the molecule is CCc1ccccc1CNC(=O)c1cc(Cl)ccc1NC. The number of nitrogens with one attached hydrogen (secondary N) is 2. The Labute approximate surface area is 130 Å². The zero-order chi connectivity index (χ0) is 15.2. The highest BCUT2D eigenvalue weighted by Gasteiger charge is 2.11. The summed E-state index contributed by atoms with van der Waals surface area (Å²) in [5.74, 6) is -0.132. The summed E-state index contributed by atoms with van der Waals surface area (Å²) < 4.78 is 0. The second-order valence-corrected chi connectivity index (χ2v) is 5.18. The second kappa shape index (κ2) is 7.14. The van der Waals surface area contributed by atoms with Crippen LogP contribution in [0.15, 0.2) is 42.5 Å².